The lowest BCUT2D eigenvalue weighted by atomic mass is 10.4. The van der Waals surface area contributed by atoms with Crippen LogP contribution in [0, 0.1) is 11.3 Å². The summed E-state index contributed by atoms with van der Waals surface area (Å²) in [6.45, 7) is 0. The Labute approximate surface area is 79.1 Å². The van der Waals surface area contributed by atoms with Crippen LogP contribution in [0.25, 0.3) is 5.82 Å². The lowest BCUT2D eigenvalue weighted by molar-refractivity contribution is 0.432. The summed E-state index contributed by atoms with van der Waals surface area (Å²) in [5.74, 6) is 0.326. The van der Waals surface area contributed by atoms with Crippen LogP contribution in [0.5, 0.6) is 5.88 Å². The molecule has 0 aliphatic heterocycles. The second-order valence-electron chi connectivity index (χ2n) is 2.47. The van der Waals surface area contributed by atoms with Crippen molar-refractivity contribution in [2.45, 2.75) is 0 Å². The first-order chi connectivity index (χ1) is 6.81. The van der Waals surface area contributed by atoms with Gasteiger partial charge in [-0.15, -0.1) is 0 Å². The average molecular weight is 187 g/mol. The minimum atomic E-state index is -0.0346. The molecule has 0 saturated heterocycles. The van der Waals surface area contributed by atoms with E-state index in [9.17, 15) is 5.11 Å². The van der Waals surface area contributed by atoms with Gasteiger partial charge in [-0.25, -0.2) is 9.97 Å². The van der Waals surface area contributed by atoms with E-state index in [1.165, 1.54) is 29.3 Å². The van der Waals surface area contributed by atoms with Crippen LogP contribution in [-0.4, -0.2) is 24.9 Å². The van der Waals surface area contributed by atoms with Gasteiger partial charge in [-0.3, -0.25) is 0 Å². The molecule has 6 heteroatoms. The summed E-state index contributed by atoms with van der Waals surface area (Å²) in [5, 5.41) is 21.7. The first kappa shape index (κ1) is 8.19. The molecule has 0 spiro atoms. The van der Waals surface area contributed by atoms with Crippen molar-refractivity contribution in [2.75, 3.05) is 0 Å². The van der Waals surface area contributed by atoms with E-state index in [0.717, 1.165) is 0 Å². The van der Waals surface area contributed by atoms with E-state index in [0.29, 0.717) is 5.82 Å². The van der Waals surface area contributed by atoms with Crippen molar-refractivity contribution in [1.82, 2.24) is 19.7 Å². The number of hydrogen-bond acceptors (Lipinski definition) is 5. The molecule has 0 saturated carbocycles. The van der Waals surface area contributed by atoms with E-state index in [1.807, 2.05) is 6.07 Å². The maximum absolute atomic E-state index is 9.32. The quantitative estimate of drug-likeness (QED) is 0.690. The Morgan fingerprint density at radius 3 is 2.93 bits per heavy atom. The fourth-order valence-electron chi connectivity index (χ4n) is 0.997. The Bertz CT molecular complexity index is 498. The minimum Gasteiger partial charge on any atom is -0.493 e. The number of aromatic nitrogens is 4. The molecule has 0 amide bonds. The molecule has 0 aliphatic carbocycles. The second kappa shape index (κ2) is 3.14. The summed E-state index contributed by atoms with van der Waals surface area (Å²) < 4.78 is 1.21. The standard InChI is InChI=1S/C8H5N5O/c9-4-6-3-7(11-5-10-6)13-8(14)1-2-12-13/h1-3,5,14H. The first-order valence-electron chi connectivity index (χ1n) is 3.77. The van der Waals surface area contributed by atoms with Gasteiger partial charge in [0.25, 0.3) is 0 Å². The van der Waals surface area contributed by atoms with Gasteiger partial charge < -0.3 is 5.11 Å². The van der Waals surface area contributed by atoms with Crippen LogP contribution in [0.1, 0.15) is 5.69 Å². The van der Waals surface area contributed by atoms with Gasteiger partial charge in [-0.05, 0) is 0 Å². The lowest BCUT2D eigenvalue weighted by Gasteiger charge is -2.00. The van der Waals surface area contributed by atoms with Crippen molar-refractivity contribution >= 4 is 0 Å². The Kier molecular flexibility index (Phi) is 1.84. The number of rotatable bonds is 1. The van der Waals surface area contributed by atoms with Crippen molar-refractivity contribution in [1.29, 1.82) is 5.26 Å². The largest absolute Gasteiger partial charge is 0.493 e. The SMILES string of the molecule is N#Cc1cc(-n2nccc2O)ncn1. The molecular formula is C8H5N5O. The predicted molar refractivity (Wildman–Crippen MR) is 45.5 cm³/mol. The summed E-state index contributed by atoms with van der Waals surface area (Å²) in [7, 11) is 0. The van der Waals surface area contributed by atoms with E-state index in [-0.39, 0.29) is 11.6 Å². The summed E-state index contributed by atoms with van der Waals surface area (Å²) >= 11 is 0. The van der Waals surface area contributed by atoms with E-state index >= 15 is 0 Å². The van der Waals surface area contributed by atoms with E-state index in [1.54, 1.807) is 0 Å². The smallest absolute Gasteiger partial charge is 0.215 e. The molecule has 0 aromatic carbocycles. The maximum atomic E-state index is 9.32. The number of nitrogens with zero attached hydrogens (tertiary/aromatic N) is 5. The number of aromatic hydroxyl groups is 1. The molecule has 14 heavy (non-hydrogen) atoms. The molecular weight excluding hydrogens is 182 g/mol. The normalized spacial score (nSPS) is 9.64. The van der Waals surface area contributed by atoms with Gasteiger partial charge in [-0.1, -0.05) is 0 Å². The fourth-order valence-corrected chi connectivity index (χ4v) is 0.997. The third kappa shape index (κ3) is 1.27. The Balaban J connectivity index is 2.53. The van der Waals surface area contributed by atoms with Crippen LogP contribution >= 0.6 is 0 Å². The Morgan fingerprint density at radius 2 is 2.29 bits per heavy atom. The van der Waals surface area contributed by atoms with Crippen molar-refractivity contribution in [3.8, 4) is 17.8 Å². The highest BCUT2D eigenvalue weighted by atomic mass is 16.3. The van der Waals surface area contributed by atoms with Gasteiger partial charge >= 0.3 is 0 Å². The lowest BCUT2D eigenvalue weighted by Crippen LogP contribution is -2.00. The highest BCUT2D eigenvalue weighted by Gasteiger charge is 2.04. The zero-order valence-corrected chi connectivity index (χ0v) is 6.99. The van der Waals surface area contributed by atoms with Gasteiger partial charge in [0.05, 0.1) is 6.20 Å². The van der Waals surface area contributed by atoms with Gasteiger partial charge in [0.15, 0.2) is 5.82 Å². The van der Waals surface area contributed by atoms with Gasteiger partial charge in [0, 0.05) is 12.1 Å². The van der Waals surface area contributed by atoms with Gasteiger partial charge in [-0.2, -0.15) is 15.0 Å². The molecule has 0 fully saturated rings. The molecule has 0 radical (unpaired) electrons. The molecule has 0 unspecified atom stereocenters. The van der Waals surface area contributed by atoms with Crippen LogP contribution < -0.4 is 0 Å². The molecule has 2 rings (SSSR count). The predicted octanol–water partition coefficient (Wildman–Crippen LogP) is 0.240. The molecule has 2 heterocycles. The zero-order valence-electron chi connectivity index (χ0n) is 6.99. The molecule has 2 aromatic heterocycles. The molecule has 6 nitrogen and oxygen atoms in total. The topological polar surface area (TPSA) is 87.6 Å². The average Bonchev–Trinajstić information content (AvgIpc) is 2.65. The molecule has 1 N–H and O–H groups in total. The number of nitriles is 1. The van der Waals surface area contributed by atoms with E-state index in [4.69, 9.17) is 5.26 Å². The van der Waals surface area contributed by atoms with Crippen LogP contribution in [0.3, 0.4) is 0 Å². The summed E-state index contributed by atoms with van der Waals surface area (Å²) in [6.07, 6.45) is 2.68. The molecule has 2 aromatic rings. The van der Waals surface area contributed by atoms with Crippen LogP contribution in [0.4, 0.5) is 0 Å². The molecule has 0 bridgehead atoms. The summed E-state index contributed by atoms with van der Waals surface area (Å²) in [6, 6.07) is 4.74. The second-order valence-corrected chi connectivity index (χ2v) is 2.47. The van der Waals surface area contributed by atoms with E-state index in [2.05, 4.69) is 15.1 Å². The van der Waals surface area contributed by atoms with Crippen molar-refractivity contribution in [2.24, 2.45) is 0 Å². The first-order valence-corrected chi connectivity index (χ1v) is 3.77. The van der Waals surface area contributed by atoms with Crippen molar-refractivity contribution < 1.29 is 5.11 Å². The van der Waals surface area contributed by atoms with E-state index < -0.39 is 0 Å². The monoisotopic (exact) mass is 187 g/mol. The van der Waals surface area contributed by atoms with Crippen molar-refractivity contribution in [3.63, 3.8) is 0 Å². The minimum absolute atomic E-state index is 0.0346. The summed E-state index contributed by atoms with van der Waals surface area (Å²) in [5.41, 5.74) is 0.227. The zero-order chi connectivity index (χ0) is 9.97. The molecule has 0 aliphatic rings. The van der Waals surface area contributed by atoms with Crippen LogP contribution in [-0.2, 0) is 0 Å². The fraction of sp³-hybridized carbons (Fsp3) is 0. The number of hydrogen-bond donors (Lipinski definition) is 1. The third-order valence-electron chi connectivity index (χ3n) is 1.61. The highest BCUT2D eigenvalue weighted by molar-refractivity contribution is 5.31. The Hall–Kier alpha value is -2.42. The molecule has 68 valence electrons. The maximum Gasteiger partial charge on any atom is 0.215 e. The van der Waals surface area contributed by atoms with Crippen LogP contribution in [0.2, 0.25) is 0 Å². The van der Waals surface area contributed by atoms with Gasteiger partial charge in [0.1, 0.15) is 18.1 Å². The molecule has 0 atom stereocenters. The Morgan fingerprint density at radius 1 is 1.43 bits per heavy atom. The third-order valence-corrected chi connectivity index (χ3v) is 1.61. The highest BCUT2D eigenvalue weighted by Crippen LogP contribution is 2.12. The summed E-state index contributed by atoms with van der Waals surface area (Å²) in [4.78, 5) is 7.57. The van der Waals surface area contributed by atoms with Crippen LogP contribution in [0.15, 0.2) is 24.7 Å². The van der Waals surface area contributed by atoms with Crippen molar-refractivity contribution in [3.05, 3.63) is 30.4 Å². The van der Waals surface area contributed by atoms with Gasteiger partial charge in [0.2, 0.25) is 5.88 Å².